The first-order valence-corrected chi connectivity index (χ1v) is 0.204. The van der Waals surface area contributed by atoms with Crippen LogP contribution in [0.2, 0.25) is 0 Å². The van der Waals surface area contributed by atoms with Crippen molar-refractivity contribution in [2.45, 2.75) is 0 Å². The van der Waals surface area contributed by atoms with Gasteiger partial charge in [-0.05, 0) is 0 Å². The average molecular weight is 97.9 g/mol. The summed E-state index contributed by atoms with van der Waals surface area (Å²) in [5.74, 6) is 0. The molecule has 4 heavy (non-hydrogen) atoms. The Kier molecular flexibility index (Phi) is 5070. The van der Waals surface area contributed by atoms with Crippen LogP contribution in [0.1, 0.15) is 0 Å². The fraction of sp³-hybridized carbons (Fsp3) is 0. The van der Waals surface area contributed by atoms with Gasteiger partial charge in [-0.1, -0.05) is 0 Å². The van der Waals surface area contributed by atoms with Crippen LogP contribution in [-0.4, -0.2) is 6.79 Å². The molecule has 0 fully saturated rings. The van der Waals surface area contributed by atoms with Gasteiger partial charge in [-0.2, -0.15) is 0 Å². The maximum atomic E-state index is 7.50. The number of hydrogen-bond acceptors (Lipinski definition) is 1. The summed E-state index contributed by atoms with van der Waals surface area (Å²) in [6.45, 7) is 4.50. The monoisotopic (exact) mass is 97.9 g/mol. The first-order valence-electron chi connectivity index (χ1n) is 0.204. The molecule has 23 valence electrons. The average Bonchev–Trinajstić information content (AvgIpc) is 1.00. The summed E-state index contributed by atoms with van der Waals surface area (Å²) >= 11 is 0. The van der Waals surface area contributed by atoms with Gasteiger partial charge in [-0.15, -0.1) is 0 Å². The minimum absolute atomic E-state index is 0. The van der Waals surface area contributed by atoms with Crippen LogP contribution < -0.4 is 6.15 Å². The van der Waals surface area contributed by atoms with E-state index in [9.17, 15) is 0 Å². The van der Waals surface area contributed by atoms with Crippen LogP contribution in [0.3, 0.4) is 0 Å². The Bertz CT molecular complexity index is 8.00. The van der Waals surface area contributed by atoms with E-state index in [1.807, 2.05) is 0 Å². The van der Waals surface area contributed by atoms with Crippen LogP contribution in [-0.2, 0) is 21.9 Å². The summed E-state index contributed by atoms with van der Waals surface area (Å²) < 4.78 is 0. The summed E-state index contributed by atoms with van der Waals surface area (Å²) in [6.07, 6.45) is 0. The summed E-state index contributed by atoms with van der Waals surface area (Å²) in [5.41, 5.74) is 0. The van der Waals surface area contributed by atoms with E-state index < -0.39 is 0 Å². The molecule has 5 radical (unpaired) electrons. The van der Waals surface area contributed by atoms with Gasteiger partial charge < -0.3 is 0 Å². The zero-order valence-corrected chi connectivity index (χ0v) is 2.81. The maximum absolute atomic E-state index is 7.50. The van der Waals surface area contributed by atoms with Crippen molar-refractivity contribution in [3.8, 4) is 0 Å². The van der Waals surface area contributed by atoms with Crippen LogP contribution >= 0.6 is 0 Å². The topological polar surface area (TPSA) is 47.6 Å². The molecule has 0 heterocycles. The van der Waals surface area contributed by atoms with E-state index in [4.69, 9.17) is 4.79 Å². The van der Waals surface area contributed by atoms with Gasteiger partial charge >= 0.3 is 0 Å². The second-order valence-corrected chi connectivity index (χ2v) is 0. The third-order valence-corrected chi connectivity index (χ3v) is 0. The van der Waals surface area contributed by atoms with Gasteiger partial charge in [0.2, 0.25) is 0 Å². The quantitative estimate of drug-likeness (QED) is 0.363. The van der Waals surface area contributed by atoms with E-state index >= 15 is 0 Å². The van der Waals surface area contributed by atoms with E-state index in [2.05, 4.69) is 6.79 Å². The first kappa shape index (κ1) is 31.2. The number of rotatable bonds is 0. The molecule has 0 saturated heterocycles. The molecule has 0 amide bonds. The molecule has 0 N–H and O–H groups in total. The van der Waals surface area contributed by atoms with Crippen molar-refractivity contribution in [2.75, 3.05) is 0 Å². The molecule has 2 nitrogen and oxygen atoms in total. The predicted molar refractivity (Wildman–Crippen MR) is 7.83 cm³/mol. The van der Waals surface area contributed by atoms with Crippen molar-refractivity contribution in [1.82, 2.24) is 6.15 Å². The predicted octanol–water partition coefficient (Wildman–Crippen LogP) is -0.880. The van der Waals surface area contributed by atoms with Gasteiger partial charge in [-0.3, -0.25) is 4.79 Å². The smallest absolute Gasteiger partial charge is 0.281 e. The molecule has 0 rings (SSSR count). The molecule has 0 bridgehead atoms. The van der Waals surface area contributed by atoms with Crippen molar-refractivity contribution in [3.05, 3.63) is 0 Å². The van der Waals surface area contributed by atoms with Gasteiger partial charge in [0.05, 0.1) is 0 Å². The molecule has 0 aromatic carbocycles. The van der Waals surface area contributed by atoms with Gasteiger partial charge in [0.15, 0.2) is 0 Å². The largest absolute Gasteiger partial charge is 0.281 e. The zero-order valence-electron chi connectivity index (χ0n) is 1.71. The fourth-order valence-electron chi connectivity index (χ4n) is 0. The Hall–Kier alpha value is 0.149. The molecule has 0 aliphatic heterocycles. The third kappa shape index (κ3) is 127. The Morgan fingerprint density at radius 3 is 1.25 bits per heavy atom. The Labute approximate surface area is 35.6 Å². The Balaban J connectivity index is -0.00000000500. The molecule has 0 aliphatic rings. The van der Waals surface area contributed by atoms with Crippen LogP contribution in [0.5, 0.6) is 0 Å². The molecule has 0 saturated carbocycles. The van der Waals surface area contributed by atoms with E-state index in [1.54, 1.807) is 0 Å². The number of nitrogens with zero attached hydrogens (tertiary/aromatic N) is 1. The summed E-state index contributed by atoms with van der Waals surface area (Å²) in [7, 11) is 0. The Morgan fingerprint density at radius 2 is 1.25 bits per heavy atom. The molecule has 0 atom stereocenters. The van der Waals surface area contributed by atoms with Crippen LogP contribution in [0, 0.1) is 0 Å². The van der Waals surface area contributed by atoms with Crippen molar-refractivity contribution in [3.63, 3.8) is 0 Å². The standard InChI is InChI=1S/CO.Fe.N/c1-2;;. The van der Waals surface area contributed by atoms with Gasteiger partial charge in [0.1, 0.15) is 0 Å². The van der Waals surface area contributed by atoms with E-state index in [0.29, 0.717) is 0 Å². The van der Waals surface area contributed by atoms with E-state index in [0.717, 1.165) is 0 Å². The minimum atomic E-state index is 0. The second kappa shape index (κ2) is 651. The van der Waals surface area contributed by atoms with Crippen molar-refractivity contribution >= 4 is 6.79 Å². The summed E-state index contributed by atoms with van der Waals surface area (Å²) in [5, 5.41) is 0. The molecule has 3 heteroatoms. The summed E-state index contributed by atoms with van der Waals surface area (Å²) in [4.78, 5) is 7.50. The number of hydrogen-bond donors (Lipinski definition) is 0. The third-order valence-electron chi connectivity index (χ3n) is 0. The van der Waals surface area contributed by atoms with Crippen LogP contribution in [0.4, 0.5) is 0 Å². The van der Waals surface area contributed by atoms with Crippen molar-refractivity contribution < 1.29 is 21.9 Å². The molecule has 0 unspecified atom stereocenters. The zero-order chi connectivity index (χ0) is 2.00. The van der Waals surface area contributed by atoms with Gasteiger partial charge in [-0.25, -0.2) is 0 Å². The van der Waals surface area contributed by atoms with Gasteiger partial charge in [0.25, 0.3) is 6.79 Å². The van der Waals surface area contributed by atoms with Crippen molar-refractivity contribution in [1.29, 1.82) is 0 Å². The van der Waals surface area contributed by atoms with E-state index in [-0.39, 0.29) is 23.2 Å². The molecule has 0 aliphatic carbocycles. The molecular weight excluding hydrogens is 97.9 g/mol. The fourth-order valence-corrected chi connectivity index (χ4v) is 0. The second-order valence-electron chi connectivity index (χ2n) is 0. The normalized spacial score (nSPS) is 1.00. The van der Waals surface area contributed by atoms with Crippen molar-refractivity contribution in [2.24, 2.45) is 0 Å². The van der Waals surface area contributed by atoms with Crippen LogP contribution in [0.25, 0.3) is 0 Å². The SMILES string of the molecule is [C]=O.[Fe].[N]. The molecular formula is CFeNO. The first-order chi connectivity index (χ1) is 1.00. The van der Waals surface area contributed by atoms with E-state index in [1.165, 1.54) is 0 Å². The molecule has 0 aromatic heterocycles. The van der Waals surface area contributed by atoms with Gasteiger partial charge in [0, 0.05) is 23.2 Å². The molecule has 0 aromatic rings. The summed E-state index contributed by atoms with van der Waals surface area (Å²) in [6, 6.07) is 0. The number of carbonyl (C=O) groups excluding carboxylic acids is 1. The minimum Gasteiger partial charge on any atom is -0.281 e. The molecule has 0 spiro atoms. The Morgan fingerprint density at radius 1 is 1.25 bits per heavy atom. The van der Waals surface area contributed by atoms with Crippen LogP contribution in [0.15, 0.2) is 0 Å². The maximum Gasteiger partial charge on any atom is 0.281 e.